The Morgan fingerprint density at radius 2 is 1.70 bits per heavy atom. The number of fused-ring (bicyclic) bond motifs is 1. The van der Waals surface area contributed by atoms with Crippen LogP contribution in [0.2, 0.25) is 0 Å². The zero-order chi connectivity index (χ0) is 18.6. The van der Waals surface area contributed by atoms with Crippen molar-refractivity contribution in [1.82, 2.24) is 4.57 Å². The molecule has 0 bridgehead atoms. The van der Waals surface area contributed by atoms with E-state index >= 15 is 0 Å². The standard InChI is InChI=1S/C22H25N3OS/c1-23(17-25-21-5-3-2-4-19(21)8-11-22(25)27)16-18-6-9-20(10-7-18)24-12-14-26-15-13-24/h2-11H,12-17H2,1H3/p+1. The second kappa shape index (κ2) is 8.21. The third-order valence-corrected chi connectivity index (χ3v) is 5.50. The number of nitrogens with one attached hydrogen (secondary N) is 1. The molecule has 3 aromatic rings. The monoisotopic (exact) mass is 380 g/mol. The third-order valence-electron chi connectivity index (χ3n) is 5.15. The molecule has 1 aliphatic heterocycles. The molecule has 4 nitrogen and oxygen atoms in total. The molecule has 0 amide bonds. The minimum absolute atomic E-state index is 0.820. The van der Waals surface area contributed by atoms with Crippen molar-refractivity contribution in [1.29, 1.82) is 0 Å². The lowest BCUT2D eigenvalue weighted by atomic mass is 10.2. The van der Waals surface area contributed by atoms with Crippen molar-refractivity contribution < 1.29 is 9.64 Å². The fourth-order valence-electron chi connectivity index (χ4n) is 3.73. The predicted molar refractivity (Wildman–Crippen MR) is 113 cm³/mol. The topological polar surface area (TPSA) is 21.8 Å². The van der Waals surface area contributed by atoms with Crippen LogP contribution < -0.4 is 9.80 Å². The van der Waals surface area contributed by atoms with Crippen LogP contribution in [0.1, 0.15) is 5.56 Å². The van der Waals surface area contributed by atoms with Gasteiger partial charge >= 0.3 is 0 Å². The highest BCUT2D eigenvalue weighted by molar-refractivity contribution is 7.71. The minimum atomic E-state index is 0.820. The maximum absolute atomic E-state index is 5.59. The van der Waals surface area contributed by atoms with Crippen molar-refractivity contribution in [2.45, 2.75) is 13.2 Å². The van der Waals surface area contributed by atoms with E-state index in [1.54, 1.807) is 0 Å². The van der Waals surface area contributed by atoms with Gasteiger partial charge in [-0.05, 0) is 35.7 Å². The molecule has 140 valence electrons. The molecule has 1 unspecified atom stereocenters. The Labute approximate surface area is 165 Å². The van der Waals surface area contributed by atoms with Gasteiger partial charge in [-0.1, -0.05) is 42.5 Å². The average Bonchev–Trinajstić information content (AvgIpc) is 2.71. The van der Waals surface area contributed by atoms with E-state index in [0.29, 0.717) is 0 Å². The Morgan fingerprint density at radius 1 is 0.963 bits per heavy atom. The highest BCUT2D eigenvalue weighted by atomic mass is 32.1. The number of rotatable bonds is 5. The van der Waals surface area contributed by atoms with E-state index in [9.17, 15) is 0 Å². The van der Waals surface area contributed by atoms with Crippen molar-refractivity contribution in [3.05, 3.63) is 70.9 Å². The molecular weight excluding hydrogens is 354 g/mol. The van der Waals surface area contributed by atoms with Crippen LogP contribution in [0.15, 0.2) is 60.7 Å². The number of pyridine rings is 1. The largest absolute Gasteiger partial charge is 0.378 e. The van der Waals surface area contributed by atoms with Crippen molar-refractivity contribution in [3.8, 4) is 0 Å². The van der Waals surface area contributed by atoms with E-state index in [-0.39, 0.29) is 0 Å². The van der Waals surface area contributed by atoms with Gasteiger partial charge < -0.3 is 14.5 Å². The average molecular weight is 381 g/mol. The fraction of sp³-hybridized carbons (Fsp3) is 0.318. The van der Waals surface area contributed by atoms with Crippen molar-refractivity contribution in [2.24, 2.45) is 0 Å². The summed E-state index contributed by atoms with van der Waals surface area (Å²) < 4.78 is 8.56. The van der Waals surface area contributed by atoms with Crippen LogP contribution in [0.25, 0.3) is 10.9 Å². The summed E-state index contributed by atoms with van der Waals surface area (Å²) in [5, 5.41) is 1.23. The number of aromatic nitrogens is 1. The van der Waals surface area contributed by atoms with Crippen molar-refractivity contribution in [3.63, 3.8) is 0 Å². The van der Waals surface area contributed by atoms with Gasteiger partial charge in [-0.15, -0.1) is 0 Å². The number of para-hydroxylation sites is 1. The number of anilines is 1. The second-order valence-corrected chi connectivity index (χ2v) is 7.63. The molecule has 1 fully saturated rings. The van der Waals surface area contributed by atoms with E-state index in [1.807, 2.05) is 6.07 Å². The van der Waals surface area contributed by atoms with Crippen LogP contribution >= 0.6 is 12.2 Å². The Kier molecular flexibility index (Phi) is 5.53. The molecule has 0 spiro atoms. The summed E-state index contributed by atoms with van der Waals surface area (Å²) >= 11 is 5.59. The van der Waals surface area contributed by atoms with Gasteiger partial charge in [0.15, 0.2) is 6.67 Å². The summed E-state index contributed by atoms with van der Waals surface area (Å²) in [6.45, 7) is 5.41. The van der Waals surface area contributed by atoms with Gasteiger partial charge in [-0.25, -0.2) is 0 Å². The van der Waals surface area contributed by atoms with E-state index in [2.05, 4.69) is 71.1 Å². The van der Waals surface area contributed by atoms with Crippen molar-refractivity contribution in [2.75, 3.05) is 38.3 Å². The molecule has 1 aromatic heterocycles. The summed E-state index contributed by atoms with van der Waals surface area (Å²) in [5.41, 5.74) is 3.83. The lowest BCUT2D eigenvalue weighted by Gasteiger charge is -2.29. The van der Waals surface area contributed by atoms with E-state index in [0.717, 1.165) is 44.2 Å². The molecule has 1 N–H and O–H groups in total. The number of morpholine rings is 1. The van der Waals surface area contributed by atoms with Crippen LogP contribution in [-0.4, -0.2) is 37.9 Å². The molecule has 2 aromatic carbocycles. The Balaban J connectivity index is 1.46. The molecule has 1 aliphatic rings. The molecular formula is C22H26N3OS+. The SMILES string of the molecule is C[NH+](Cc1ccc(N2CCOCC2)cc1)Cn1c(=S)ccc2ccccc21. The molecule has 2 heterocycles. The van der Waals surface area contributed by atoms with E-state index in [4.69, 9.17) is 17.0 Å². The lowest BCUT2D eigenvalue weighted by Crippen LogP contribution is -3.06. The number of benzene rings is 2. The zero-order valence-electron chi connectivity index (χ0n) is 15.7. The first-order chi connectivity index (χ1) is 13.2. The number of ether oxygens (including phenoxy) is 1. The number of hydrogen-bond acceptors (Lipinski definition) is 3. The molecule has 0 radical (unpaired) electrons. The molecule has 1 saturated heterocycles. The third kappa shape index (κ3) is 4.21. The molecule has 4 rings (SSSR count). The summed E-state index contributed by atoms with van der Waals surface area (Å²) in [6.07, 6.45) is 0. The van der Waals surface area contributed by atoms with E-state index in [1.165, 1.54) is 27.1 Å². The van der Waals surface area contributed by atoms with Crippen molar-refractivity contribution >= 4 is 28.8 Å². The molecule has 27 heavy (non-hydrogen) atoms. The number of quaternary nitrogens is 1. The fourth-order valence-corrected chi connectivity index (χ4v) is 3.96. The smallest absolute Gasteiger partial charge is 0.158 e. The highest BCUT2D eigenvalue weighted by Crippen LogP contribution is 2.17. The van der Waals surface area contributed by atoms with Crippen LogP contribution in [0.3, 0.4) is 0 Å². The van der Waals surface area contributed by atoms with Gasteiger partial charge in [-0.2, -0.15) is 0 Å². The van der Waals surface area contributed by atoms with Gasteiger partial charge in [0.05, 0.1) is 25.8 Å². The maximum atomic E-state index is 5.59. The normalized spacial score (nSPS) is 15.8. The summed E-state index contributed by atoms with van der Waals surface area (Å²) in [5.74, 6) is 0. The molecule has 5 heteroatoms. The summed E-state index contributed by atoms with van der Waals surface area (Å²) in [6, 6.07) is 21.5. The van der Waals surface area contributed by atoms with Gasteiger partial charge in [0.2, 0.25) is 0 Å². The van der Waals surface area contributed by atoms with Gasteiger partial charge in [-0.3, -0.25) is 4.57 Å². The molecule has 0 saturated carbocycles. The summed E-state index contributed by atoms with van der Waals surface area (Å²) in [4.78, 5) is 3.79. The first kappa shape index (κ1) is 18.2. The van der Waals surface area contributed by atoms with Gasteiger partial charge in [0, 0.05) is 24.3 Å². The van der Waals surface area contributed by atoms with E-state index < -0.39 is 0 Å². The predicted octanol–water partition coefficient (Wildman–Crippen LogP) is 2.88. The quantitative estimate of drug-likeness (QED) is 0.688. The van der Waals surface area contributed by atoms with Gasteiger partial charge in [0.25, 0.3) is 0 Å². The lowest BCUT2D eigenvalue weighted by molar-refractivity contribution is -0.916. The first-order valence-electron chi connectivity index (χ1n) is 9.52. The highest BCUT2D eigenvalue weighted by Gasteiger charge is 2.12. The zero-order valence-corrected chi connectivity index (χ0v) is 16.5. The van der Waals surface area contributed by atoms with Crippen LogP contribution in [-0.2, 0) is 18.0 Å². The Morgan fingerprint density at radius 3 is 2.48 bits per heavy atom. The Hall–Kier alpha value is -2.21. The number of nitrogens with zero attached hydrogens (tertiary/aromatic N) is 2. The maximum Gasteiger partial charge on any atom is 0.158 e. The van der Waals surface area contributed by atoms with Crippen LogP contribution in [0.4, 0.5) is 5.69 Å². The van der Waals surface area contributed by atoms with Crippen LogP contribution in [0, 0.1) is 4.64 Å². The van der Waals surface area contributed by atoms with Crippen LogP contribution in [0.5, 0.6) is 0 Å². The summed E-state index contributed by atoms with van der Waals surface area (Å²) in [7, 11) is 2.22. The molecule has 0 aliphatic carbocycles. The number of hydrogen-bond donors (Lipinski definition) is 1. The first-order valence-corrected chi connectivity index (χ1v) is 9.93. The van der Waals surface area contributed by atoms with Gasteiger partial charge in [0.1, 0.15) is 11.2 Å². The molecule has 1 atom stereocenters. The Bertz CT molecular complexity index is 961. The minimum Gasteiger partial charge on any atom is -0.378 e. The second-order valence-electron chi connectivity index (χ2n) is 7.22.